The molecule has 2 atom stereocenters. The van der Waals surface area contributed by atoms with Gasteiger partial charge in [-0.3, -0.25) is 28.0 Å². The number of aliphatic hydroxyl groups excluding tert-OH is 2. The summed E-state index contributed by atoms with van der Waals surface area (Å²) in [6.45, 7) is 0. The van der Waals surface area contributed by atoms with Gasteiger partial charge in [0.2, 0.25) is 0 Å². The first kappa shape index (κ1) is 43.0. The molecule has 2 unspecified atom stereocenters. The molecule has 10 nitrogen and oxygen atoms in total. The summed E-state index contributed by atoms with van der Waals surface area (Å²) in [4.78, 5) is 31.6. The van der Waals surface area contributed by atoms with E-state index >= 15 is 0 Å². The van der Waals surface area contributed by atoms with Crippen molar-refractivity contribution >= 4 is 161 Å². The molecule has 0 saturated carbocycles. The minimum absolute atomic E-state index is 0.0127. The van der Waals surface area contributed by atoms with Gasteiger partial charge in [0.1, 0.15) is 0 Å². The predicted octanol–water partition coefficient (Wildman–Crippen LogP) is 4.81. The molecule has 0 bridgehead atoms. The van der Waals surface area contributed by atoms with Crippen LogP contribution in [0.1, 0.15) is 0 Å². The molecule has 240 valence electrons. The van der Waals surface area contributed by atoms with Gasteiger partial charge in [-0.1, -0.05) is 23.5 Å². The lowest BCUT2D eigenvalue weighted by Crippen LogP contribution is -2.18. The number of nitrogens with zero attached hydrogens (tertiary/aromatic N) is 2. The fourth-order valence-electron chi connectivity index (χ4n) is 1.78. The first-order valence-corrected chi connectivity index (χ1v) is 25.4. The van der Waals surface area contributed by atoms with Gasteiger partial charge in [0.25, 0.3) is 10.5 Å². The van der Waals surface area contributed by atoms with Crippen molar-refractivity contribution in [2.45, 2.75) is 0 Å². The molecule has 0 radical (unpaired) electrons. The van der Waals surface area contributed by atoms with Crippen LogP contribution in [0.25, 0.3) is 0 Å². The molecule has 0 aromatic rings. The van der Waals surface area contributed by atoms with Crippen molar-refractivity contribution in [1.82, 2.24) is 10.6 Å². The van der Waals surface area contributed by atoms with E-state index in [1.54, 1.807) is 70.6 Å². The van der Waals surface area contributed by atoms with E-state index in [0.29, 0.717) is 39.4 Å². The monoisotopic (exact) mass is 800 g/mol. The lowest BCUT2D eigenvalue weighted by molar-refractivity contribution is 0.261. The summed E-state index contributed by atoms with van der Waals surface area (Å²) in [6.07, 6.45) is 0. The quantitative estimate of drug-likeness (QED) is 0.0370. The lowest BCUT2D eigenvalue weighted by Gasteiger charge is -2.04. The highest BCUT2D eigenvalue weighted by Gasteiger charge is 2.03. The summed E-state index contributed by atoms with van der Waals surface area (Å²) in [5.41, 5.74) is 2.92. The van der Waals surface area contributed by atoms with Crippen molar-refractivity contribution in [3.63, 3.8) is 0 Å². The highest BCUT2D eigenvalue weighted by atomic mass is 32.2. The zero-order chi connectivity index (χ0) is 30.2. The Morgan fingerprint density at radius 3 is 1.83 bits per heavy atom. The number of amides is 2. The SMILES string of the molecule is O=C(NCSCSC/N=C\S(=O)CSCO)SCCSCSCCS(=O)/C=N\CSCSCNC(=O)SCSCO. The third-order valence-electron chi connectivity index (χ3n) is 3.40. The van der Waals surface area contributed by atoms with Crippen LogP contribution in [-0.4, -0.2) is 124 Å². The van der Waals surface area contributed by atoms with Crippen molar-refractivity contribution in [2.24, 2.45) is 9.98 Å². The largest absolute Gasteiger partial charge is 0.386 e. The molecule has 0 spiro atoms. The van der Waals surface area contributed by atoms with Crippen LogP contribution >= 0.6 is 118 Å². The maximum Gasteiger partial charge on any atom is 0.280 e. The van der Waals surface area contributed by atoms with Crippen LogP contribution in [0.5, 0.6) is 0 Å². The molecule has 0 aromatic heterocycles. The number of rotatable bonds is 28. The van der Waals surface area contributed by atoms with Gasteiger partial charge < -0.3 is 20.8 Å². The standard InChI is InChI=1S/C19H36N4O6S12/c24-11-36-16-39-19(27)23-8-35-14-32-5-20-9-40(28)4-3-31-13-30-1-2-38-18(26)22-7-34-15-33-6-21-10-41(29)17-37-12-25/h9-10,24-25H,1-8,11-17H2,(H,22,26)(H,23,27)/b20-9-,21-10-. The maximum atomic E-state index is 12.0. The first-order valence-electron chi connectivity index (χ1n) is 11.4. The Morgan fingerprint density at radius 1 is 0.634 bits per heavy atom. The molecule has 0 saturated heterocycles. The molecule has 0 heterocycles. The van der Waals surface area contributed by atoms with E-state index in [9.17, 15) is 18.0 Å². The molecule has 4 N–H and O–H groups in total. The number of hydrogen-bond donors (Lipinski definition) is 4. The zero-order valence-electron chi connectivity index (χ0n) is 22.1. The van der Waals surface area contributed by atoms with Gasteiger partial charge in [0, 0.05) is 38.3 Å². The molecule has 41 heavy (non-hydrogen) atoms. The van der Waals surface area contributed by atoms with E-state index in [4.69, 9.17) is 10.2 Å². The van der Waals surface area contributed by atoms with Crippen molar-refractivity contribution in [2.75, 3.05) is 83.8 Å². The average molecular weight is 801 g/mol. The Kier molecular flexibility index (Phi) is 36.6. The molecule has 0 aromatic carbocycles. The summed E-state index contributed by atoms with van der Waals surface area (Å²) in [5, 5.41) is 26.1. The van der Waals surface area contributed by atoms with Crippen LogP contribution in [-0.2, 0) is 21.6 Å². The number of hydrogen-bond acceptors (Lipinski definition) is 18. The second kappa shape index (κ2) is 34.9. The van der Waals surface area contributed by atoms with E-state index < -0.39 is 21.6 Å². The summed E-state index contributed by atoms with van der Waals surface area (Å²) in [7, 11) is -2.23. The van der Waals surface area contributed by atoms with E-state index in [1.807, 2.05) is 0 Å². The molecular weight excluding hydrogens is 765 g/mol. The van der Waals surface area contributed by atoms with Crippen molar-refractivity contribution < 1.29 is 28.2 Å². The Bertz CT molecular complexity index is 772. The highest BCUT2D eigenvalue weighted by molar-refractivity contribution is 8.24. The third kappa shape index (κ3) is 34.7. The average Bonchev–Trinajstić information content (AvgIpc) is 2.96. The smallest absolute Gasteiger partial charge is 0.280 e. The Morgan fingerprint density at radius 2 is 1.20 bits per heavy atom. The van der Waals surface area contributed by atoms with Gasteiger partial charge in [0.05, 0.1) is 78.2 Å². The molecule has 0 aliphatic heterocycles. The van der Waals surface area contributed by atoms with Crippen LogP contribution in [0.3, 0.4) is 0 Å². The number of aliphatic hydroxyl groups is 2. The molecule has 2 amide bonds. The fourth-order valence-corrected chi connectivity index (χ4v) is 11.9. The normalized spacial score (nSPS) is 13.1. The predicted molar refractivity (Wildman–Crippen MR) is 204 cm³/mol. The second-order valence-electron chi connectivity index (χ2n) is 6.40. The highest BCUT2D eigenvalue weighted by Crippen LogP contribution is 2.16. The number of carbonyl (C=O) groups is 2. The van der Waals surface area contributed by atoms with Gasteiger partial charge in [-0.05, 0) is 0 Å². The van der Waals surface area contributed by atoms with Crippen LogP contribution in [0.2, 0.25) is 0 Å². The Balaban J connectivity index is 3.44. The van der Waals surface area contributed by atoms with Gasteiger partial charge in [-0.2, -0.15) is 23.5 Å². The Labute approximate surface area is 290 Å². The van der Waals surface area contributed by atoms with Crippen molar-refractivity contribution in [3.05, 3.63) is 0 Å². The summed E-state index contributed by atoms with van der Waals surface area (Å²) < 4.78 is 23.4. The van der Waals surface area contributed by atoms with Crippen molar-refractivity contribution in [3.8, 4) is 0 Å². The number of nitrogens with one attached hydrogen (secondary N) is 2. The van der Waals surface area contributed by atoms with E-state index in [2.05, 4.69) is 20.6 Å². The summed E-state index contributed by atoms with van der Waals surface area (Å²) >= 11 is 14.7. The van der Waals surface area contributed by atoms with Crippen molar-refractivity contribution in [1.29, 1.82) is 0 Å². The second-order valence-corrected chi connectivity index (χ2v) is 20.9. The third-order valence-corrected chi connectivity index (χ3v) is 16.0. The van der Waals surface area contributed by atoms with Gasteiger partial charge in [-0.25, -0.2) is 0 Å². The molecule has 0 aliphatic rings. The minimum atomic E-state index is -1.15. The number of carbonyl (C=O) groups excluding carboxylic acids is 2. The topological polar surface area (TPSA) is 158 Å². The molecule has 0 rings (SSSR count). The summed E-state index contributed by atoms with van der Waals surface area (Å²) in [5.74, 6) is 5.04. The number of aliphatic imine (C=N–C) groups is 2. The Hall–Kier alpha value is 2.00. The van der Waals surface area contributed by atoms with Gasteiger partial charge in [-0.15, -0.1) is 70.6 Å². The van der Waals surface area contributed by atoms with E-state index in [0.717, 1.165) is 44.3 Å². The molecule has 0 fully saturated rings. The molecular formula is C19H36N4O6S12. The maximum absolute atomic E-state index is 12.0. The minimum Gasteiger partial charge on any atom is -0.386 e. The summed E-state index contributed by atoms with van der Waals surface area (Å²) in [6, 6.07) is 0. The molecule has 22 heteroatoms. The zero-order valence-corrected chi connectivity index (χ0v) is 31.9. The van der Waals surface area contributed by atoms with E-state index in [1.165, 1.54) is 46.4 Å². The van der Waals surface area contributed by atoms with Gasteiger partial charge >= 0.3 is 0 Å². The lowest BCUT2D eigenvalue weighted by atomic mass is 11.0. The van der Waals surface area contributed by atoms with Crippen LogP contribution in [0.4, 0.5) is 9.59 Å². The van der Waals surface area contributed by atoms with Crippen LogP contribution in [0, 0.1) is 0 Å². The van der Waals surface area contributed by atoms with Crippen LogP contribution < -0.4 is 10.6 Å². The van der Waals surface area contributed by atoms with Crippen LogP contribution in [0.15, 0.2) is 9.98 Å². The molecule has 0 aliphatic carbocycles. The number of thioether (sulfide) groups is 10. The first-order chi connectivity index (χ1) is 20.0. The van der Waals surface area contributed by atoms with Gasteiger partial charge in [0.15, 0.2) is 0 Å². The fraction of sp³-hybridized carbons (Fsp3) is 0.789. The van der Waals surface area contributed by atoms with E-state index in [-0.39, 0.29) is 22.4 Å².